The molecular weight excluding hydrogens is 393 g/mol. The van der Waals surface area contributed by atoms with Crippen molar-refractivity contribution in [3.63, 3.8) is 0 Å². The third kappa shape index (κ3) is 3.05. The molecule has 2 aliphatic rings. The summed E-state index contributed by atoms with van der Waals surface area (Å²) >= 11 is 0. The second-order valence-electron chi connectivity index (χ2n) is 6.61. The van der Waals surface area contributed by atoms with Crippen molar-refractivity contribution in [3.8, 4) is 0 Å². The molecule has 0 spiro atoms. The number of halogens is 3. The van der Waals surface area contributed by atoms with E-state index in [1.807, 2.05) is 0 Å². The lowest BCUT2D eigenvalue weighted by Crippen LogP contribution is -2.35. The minimum absolute atomic E-state index is 0.152. The zero-order valence-electron chi connectivity index (χ0n) is 14.5. The van der Waals surface area contributed by atoms with E-state index in [9.17, 15) is 26.4 Å². The third-order valence-corrected chi connectivity index (χ3v) is 6.60. The average molecular weight is 408 g/mol. The molecule has 0 bridgehead atoms. The van der Waals surface area contributed by atoms with Gasteiger partial charge in [-0.2, -0.15) is 0 Å². The zero-order chi connectivity index (χ0) is 20.1. The smallest absolute Gasteiger partial charge is 0.265 e. The molecule has 2 aromatic rings. The molecule has 1 N–H and O–H groups in total. The molecule has 0 unspecified atom stereocenters. The largest absolute Gasteiger partial charge is 0.347 e. The van der Waals surface area contributed by atoms with Gasteiger partial charge in [0.05, 0.1) is 10.6 Å². The number of amides is 1. The van der Waals surface area contributed by atoms with Crippen molar-refractivity contribution in [1.82, 2.24) is 5.32 Å². The fourth-order valence-electron chi connectivity index (χ4n) is 3.60. The van der Waals surface area contributed by atoms with E-state index in [0.717, 1.165) is 18.2 Å². The number of nitrogens with zero attached hydrogens (tertiary/aromatic N) is 1. The molecule has 0 aliphatic carbocycles. The monoisotopic (exact) mass is 408 g/mol. The first kappa shape index (κ1) is 18.5. The normalized spacial score (nSPS) is 17.3. The highest BCUT2D eigenvalue weighted by Crippen LogP contribution is 2.43. The highest BCUT2D eigenvalue weighted by Gasteiger charge is 2.41. The van der Waals surface area contributed by atoms with Crippen molar-refractivity contribution in [2.24, 2.45) is 0 Å². The summed E-state index contributed by atoms with van der Waals surface area (Å²) in [5.41, 5.74) is 0.846. The Morgan fingerprint density at radius 1 is 1.04 bits per heavy atom. The lowest BCUT2D eigenvalue weighted by atomic mass is 10.2. The van der Waals surface area contributed by atoms with Crippen molar-refractivity contribution < 1.29 is 26.4 Å². The molecule has 146 valence electrons. The minimum Gasteiger partial charge on any atom is -0.347 e. The van der Waals surface area contributed by atoms with Gasteiger partial charge in [0.25, 0.3) is 5.91 Å². The Balaban J connectivity index is 1.70. The van der Waals surface area contributed by atoms with E-state index in [2.05, 4.69) is 5.32 Å². The van der Waals surface area contributed by atoms with Crippen LogP contribution in [0.4, 0.5) is 18.9 Å². The van der Waals surface area contributed by atoms with Crippen LogP contribution < -0.4 is 10.2 Å². The molecule has 28 heavy (non-hydrogen) atoms. The highest BCUT2D eigenvalue weighted by molar-refractivity contribution is 7.96. The summed E-state index contributed by atoms with van der Waals surface area (Å²) in [6, 6.07) is 6.25. The first-order valence-corrected chi connectivity index (χ1v) is 10.0. The quantitative estimate of drug-likeness (QED) is 0.848. The highest BCUT2D eigenvalue weighted by atomic mass is 32.2. The number of rotatable bonds is 3. The van der Waals surface area contributed by atoms with Gasteiger partial charge in [0.1, 0.15) is 17.5 Å². The van der Waals surface area contributed by atoms with Crippen molar-refractivity contribution in [2.75, 3.05) is 11.4 Å². The molecule has 0 saturated carbocycles. The molecule has 9 heteroatoms. The SMILES string of the molecule is O=C(NCc1cc(F)cc(F)c1)C1=C2CCCN2c2ccc(F)cc2S1(=O)=O. The summed E-state index contributed by atoms with van der Waals surface area (Å²) in [6.07, 6.45) is 1.03. The van der Waals surface area contributed by atoms with E-state index in [1.54, 1.807) is 4.90 Å². The van der Waals surface area contributed by atoms with E-state index in [0.29, 0.717) is 36.8 Å². The molecule has 1 fully saturated rings. The Morgan fingerprint density at radius 3 is 2.46 bits per heavy atom. The van der Waals surface area contributed by atoms with Crippen LogP contribution in [-0.2, 0) is 21.2 Å². The second-order valence-corrected chi connectivity index (χ2v) is 8.46. The molecule has 0 radical (unpaired) electrons. The molecule has 2 aliphatic heterocycles. The number of benzene rings is 2. The average Bonchev–Trinajstić information content (AvgIpc) is 3.08. The molecule has 1 saturated heterocycles. The van der Waals surface area contributed by atoms with E-state index in [-0.39, 0.29) is 17.0 Å². The van der Waals surface area contributed by atoms with Gasteiger partial charge in [-0.05, 0) is 48.7 Å². The third-order valence-electron chi connectivity index (χ3n) is 4.74. The van der Waals surface area contributed by atoms with Crippen LogP contribution in [0.2, 0.25) is 0 Å². The summed E-state index contributed by atoms with van der Waals surface area (Å²) in [5, 5.41) is 2.41. The van der Waals surface area contributed by atoms with Crippen LogP contribution in [0.25, 0.3) is 0 Å². The first-order valence-electron chi connectivity index (χ1n) is 8.56. The van der Waals surface area contributed by atoms with Gasteiger partial charge in [-0.1, -0.05) is 0 Å². The van der Waals surface area contributed by atoms with Crippen molar-refractivity contribution >= 4 is 21.4 Å². The fourth-order valence-corrected chi connectivity index (χ4v) is 5.38. The maximum atomic E-state index is 13.7. The second kappa shape index (κ2) is 6.66. The van der Waals surface area contributed by atoms with Gasteiger partial charge in [0.15, 0.2) is 4.91 Å². The molecule has 2 heterocycles. The number of carbonyl (C=O) groups is 1. The van der Waals surface area contributed by atoms with Gasteiger partial charge in [-0.25, -0.2) is 21.6 Å². The number of allylic oxidation sites excluding steroid dienone is 1. The fraction of sp³-hybridized carbons (Fsp3) is 0.211. The first-order chi connectivity index (χ1) is 13.3. The lowest BCUT2D eigenvalue weighted by molar-refractivity contribution is -0.117. The topological polar surface area (TPSA) is 66.5 Å². The Kier molecular flexibility index (Phi) is 4.41. The maximum absolute atomic E-state index is 13.7. The Bertz CT molecular complexity index is 1110. The lowest BCUT2D eigenvalue weighted by Gasteiger charge is -2.30. The Morgan fingerprint density at radius 2 is 1.75 bits per heavy atom. The van der Waals surface area contributed by atoms with E-state index in [4.69, 9.17) is 0 Å². The molecule has 2 aromatic carbocycles. The molecule has 4 rings (SSSR count). The molecular formula is C19H15F3N2O3S. The van der Waals surface area contributed by atoms with Crippen LogP contribution in [-0.4, -0.2) is 20.9 Å². The van der Waals surface area contributed by atoms with E-state index < -0.39 is 38.1 Å². The summed E-state index contributed by atoms with van der Waals surface area (Å²) in [6.45, 7) is 0.255. The van der Waals surface area contributed by atoms with E-state index in [1.165, 1.54) is 12.1 Å². The minimum atomic E-state index is -4.24. The predicted octanol–water partition coefficient (Wildman–Crippen LogP) is 3.02. The van der Waals surface area contributed by atoms with Crippen LogP contribution >= 0.6 is 0 Å². The summed E-state index contributed by atoms with van der Waals surface area (Å²) in [5.74, 6) is -3.22. The number of fused-ring (bicyclic) bond motifs is 3. The van der Waals surface area contributed by atoms with Crippen LogP contribution in [0, 0.1) is 17.5 Å². The van der Waals surface area contributed by atoms with Crippen molar-refractivity contribution in [2.45, 2.75) is 24.3 Å². The van der Waals surface area contributed by atoms with Gasteiger partial charge >= 0.3 is 0 Å². The van der Waals surface area contributed by atoms with Gasteiger partial charge in [0, 0.05) is 24.9 Å². The molecule has 1 amide bonds. The molecule has 5 nitrogen and oxygen atoms in total. The number of nitrogens with one attached hydrogen (secondary N) is 1. The van der Waals surface area contributed by atoms with Crippen LogP contribution in [0.5, 0.6) is 0 Å². The van der Waals surface area contributed by atoms with Gasteiger partial charge < -0.3 is 10.2 Å². The number of carbonyl (C=O) groups excluding carboxylic acids is 1. The Hall–Kier alpha value is -2.81. The maximum Gasteiger partial charge on any atom is 0.265 e. The summed E-state index contributed by atoms with van der Waals surface area (Å²) in [4.78, 5) is 13.7. The predicted molar refractivity (Wildman–Crippen MR) is 95.4 cm³/mol. The number of sulfone groups is 1. The van der Waals surface area contributed by atoms with Gasteiger partial charge in [-0.15, -0.1) is 0 Å². The summed E-state index contributed by atoms with van der Waals surface area (Å²) in [7, 11) is -4.24. The van der Waals surface area contributed by atoms with Crippen LogP contribution in [0.3, 0.4) is 0 Å². The number of hydrogen-bond acceptors (Lipinski definition) is 4. The molecule has 0 atom stereocenters. The number of hydrogen-bond donors (Lipinski definition) is 1. The molecule has 0 aromatic heterocycles. The summed E-state index contributed by atoms with van der Waals surface area (Å²) < 4.78 is 66.4. The van der Waals surface area contributed by atoms with Crippen LogP contribution in [0.15, 0.2) is 51.9 Å². The zero-order valence-corrected chi connectivity index (χ0v) is 15.3. The van der Waals surface area contributed by atoms with Gasteiger partial charge in [0.2, 0.25) is 9.84 Å². The van der Waals surface area contributed by atoms with Crippen LogP contribution in [0.1, 0.15) is 18.4 Å². The standard InChI is InChI=1S/C19H15F3N2O3S/c20-12-3-4-15-17(9-12)28(26,27)18(16-2-1-5-24(15)16)19(25)23-10-11-6-13(21)8-14(22)7-11/h3-4,6-9H,1-2,5,10H2,(H,23,25). The van der Waals surface area contributed by atoms with Crippen molar-refractivity contribution in [1.29, 1.82) is 0 Å². The van der Waals surface area contributed by atoms with Gasteiger partial charge in [-0.3, -0.25) is 4.79 Å². The van der Waals surface area contributed by atoms with Crippen molar-refractivity contribution in [3.05, 3.63) is 70.0 Å². The number of anilines is 1. The van der Waals surface area contributed by atoms with E-state index >= 15 is 0 Å². The Labute approximate surface area is 159 Å².